The third-order valence-corrected chi connectivity index (χ3v) is 4.20. The van der Waals surface area contributed by atoms with Crippen molar-refractivity contribution in [3.63, 3.8) is 0 Å². The molecule has 0 saturated carbocycles. The number of carbonyl (C=O) groups is 2. The SMILES string of the molecule is C[C@@H](C(=O)O)N1C(=O)/C(=C\c2ccc(O)cc2O)SC1=S. The van der Waals surface area contributed by atoms with Crippen LogP contribution in [-0.4, -0.2) is 42.5 Å². The van der Waals surface area contributed by atoms with Gasteiger partial charge in [-0.25, -0.2) is 4.79 Å². The third-order valence-electron chi connectivity index (χ3n) is 2.87. The number of aliphatic carboxylic acids is 1. The van der Waals surface area contributed by atoms with Crippen LogP contribution in [0.1, 0.15) is 12.5 Å². The highest BCUT2D eigenvalue weighted by Crippen LogP contribution is 2.35. The van der Waals surface area contributed by atoms with Gasteiger partial charge in [0.2, 0.25) is 0 Å². The fraction of sp³-hybridized carbons (Fsp3) is 0.154. The van der Waals surface area contributed by atoms with Gasteiger partial charge in [0.05, 0.1) is 4.91 Å². The molecule has 1 aromatic carbocycles. The molecule has 0 aromatic heterocycles. The zero-order valence-electron chi connectivity index (χ0n) is 10.8. The Morgan fingerprint density at radius 3 is 2.67 bits per heavy atom. The summed E-state index contributed by atoms with van der Waals surface area (Å²) in [6.45, 7) is 1.37. The van der Waals surface area contributed by atoms with Gasteiger partial charge in [0.15, 0.2) is 0 Å². The molecule has 2 rings (SSSR count). The van der Waals surface area contributed by atoms with Crippen LogP contribution in [0.5, 0.6) is 11.5 Å². The molecule has 110 valence electrons. The third kappa shape index (κ3) is 3.01. The molecule has 1 aliphatic heterocycles. The number of benzene rings is 1. The van der Waals surface area contributed by atoms with Gasteiger partial charge in [0.1, 0.15) is 21.9 Å². The van der Waals surface area contributed by atoms with E-state index >= 15 is 0 Å². The average Bonchev–Trinajstić information content (AvgIpc) is 2.67. The maximum Gasteiger partial charge on any atom is 0.326 e. The monoisotopic (exact) mass is 325 g/mol. The van der Waals surface area contributed by atoms with Crippen LogP contribution in [0.3, 0.4) is 0 Å². The highest BCUT2D eigenvalue weighted by molar-refractivity contribution is 8.26. The van der Waals surface area contributed by atoms with Gasteiger partial charge in [-0.2, -0.15) is 0 Å². The molecule has 1 saturated heterocycles. The lowest BCUT2D eigenvalue weighted by atomic mass is 10.1. The van der Waals surface area contributed by atoms with Crippen molar-refractivity contribution in [2.45, 2.75) is 13.0 Å². The Morgan fingerprint density at radius 2 is 2.10 bits per heavy atom. The maximum absolute atomic E-state index is 12.2. The van der Waals surface area contributed by atoms with Crippen molar-refractivity contribution in [1.29, 1.82) is 0 Å². The van der Waals surface area contributed by atoms with E-state index < -0.39 is 17.9 Å². The number of nitrogens with zero attached hydrogens (tertiary/aromatic N) is 1. The summed E-state index contributed by atoms with van der Waals surface area (Å²) in [7, 11) is 0. The predicted octanol–water partition coefficient (Wildman–Crippen LogP) is 1.77. The van der Waals surface area contributed by atoms with E-state index in [2.05, 4.69) is 0 Å². The highest BCUT2D eigenvalue weighted by Gasteiger charge is 2.38. The van der Waals surface area contributed by atoms with Crippen molar-refractivity contribution in [3.8, 4) is 11.5 Å². The Morgan fingerprint density at radius 1 is 1.43 bits per heavy atom. The molecule has 1 amide bonds. The predicted molar refractivity (Wildman–Crippen MR) is 81.9 cm³/mol. The summed E-state index contributed by atoms with van der Waals surface area (Å²) >= 11 is 5.99. The van der Waals surface area contributed by atoms with Gasteiger partial charge in [-0.1, -0.05) is 24.0 Å². The van der Waals surface area contributed by atoms with Crippen LogP contribution in [0.4, 0.5) is 0 Å². The second-order valence-corrected chi connectivity index (χ2v) is 5.98. The van der Waals surface area contributed by atoms with Crippen molar-refractivity contribution in [2.75, 3.05) is 0 Å². The number of rotatable bonds is 3. The fourth-order valence-electron chi connectivity index (χ4n) is 1.72. The first kappa shape index (κ1) is 15.3. The molecule has 0 aliphatic carbocycles. The number of phenols is 2. The van der Waals surface area contributed by atoms with Crippen LogP contribution in [0.2, 0.25) is 0 Å². The van der Waals surface area contributed by atoms with E-state index in [4.69, 9.17) is 17.3 Å². The van der Waals surface area contributed by atoms with Gasteiger partial charge in [0, 0.05) is 11.6 Å². The van der Waals surface area contributed by atoms with E-state index in [1.165, 1.54) is 25.1 Å². The van der Waals surface area contributed by atoms with Gasteiger partial charge in [0.25, 0.3) is 5.91 Å². The summed E-state index contributed by atoms with van der Waals surface area (Å²) in [5.74, 6) is -1.96. The van der Waals surface area contributed by atoms with Crippen molar-refractivity contribution in [3.05, 3.63) is 28.7 Å². The molecule has 3 N–H and O–H groups in total. The molecule has 8 heteroatoms. The Kier molecular flexibility index (Phi) is 4.19. The normalized spacial score (nSPS) is 18.3. The number of hydrogen-bond donors (Lipinski definition) is 3. The topological polar surface area (TPSA) is 98.1 Å². The number of hydrogen-bond acceptors (Lipinski definition) is 6. The molecule has 1 atom stereocenters. The van der Waals surface area contributed by atoms with E-state index in [1.54, 1.807) is 0 Å². The Bertz CT molecular complexity index is 671. The molecule has 1 aromatic rings. The molecule has 6 nitrogen and oxygen atoms in total. The van der Waals surface area contributed by atoms with Crippen LogP contribution < -0.4 is 0 Å². The molecule has 0 spiro atoms. The fourth-order valence-corrected chi connectivity index (χ4v) is 3.13. The van der Waals surface area contributed by atoms with Crippen LogP contribution >= 0.6 is 24.0 Å². The lowest BCUT2D eigenvalue weighted by Gasteiger charge is -2.18. The molecule has 0 radical (unpaired) electrons. The molecule has 0 bridgehead atoms. The number of thioether (sulfide) groups is 1. The molecule has 1 aliphatic rings. The van der Waals surface area contributed by atoms with Crippen LogP contribution in [0.25, 0.3) is 6.08 Å². The molecule has 1 fully saturated rings. The van der Waals surface area contributed by atoms with E-state index in [1.807, 2.05) is 0 Å². The van der Waals surface area contributed by atoms with E-state index in [9.17, 15) is 19.8 Å². The maximum atomic E-state index is 12.2. The first-order valence-electron chi connectivity index (χ1n) is 5.83. The molecule has 0 unspecified atom stereocenters. The number of amides is 1. The average molecular weight is 325 g/mol. The molecular formula is C13H11NO5S2. The summed E-state index contributed by atoms with van der Waals surface area (Å²) in [6.07, 6.45) is 1.41. The van der Waals surface area contributed by atoms with E-state index in [0.717, 1.165) is 22.7 Å². The zero-order valence-corrected chi connectivity index (χ0v) is 12.4. The van der Waals surface area contributed by atoms with Crippen molar-refractivity contribution in [2.24, 2.45) is 0 Å². The van der Waals surface area contributed by atoms with Gasteiger partial charge in [-0.3, -0.25) is 9.69 Å². The summed E-state index contributed by atoms with van der Waals surface area (Å²) < 4.78 is 0.152. The summed E-state index contributed by atoms with van der Waals surface area (Å²) in [5, 5.41) is 27.9. The number of thiocarbonyl (C=S) groups is 1. The van der Waals surface area contributed by atoms with Gasteiger partial charge < -0.3 is 15.3 Å². The van der Waals surface area contributed by atoms with Crippen molar-refractivity contribution in [1.82, 2.24) is 4.90 Å². The Balaban J connectivity index is 2.34. The first-order chi connectivity index (χ1) is 9.81. The van der Waals surface area contributed by atoms with Crippen molar-refractivity contribution >= 4 is 46.3 Å². The quantitative estimate of drug-likeness (QED) is 0.575. The largest absolute Gasteiger partial charge is 0.508 e. The molecule has 1 heterocycles. The van der Waals surface area contributed by atoms with Gasteiger partial charge in [-0.05, 0) is 25.1 Å². The summed E-state index contributed by atoms with van der Waals surface area (Å²) in [4.78, 5) is 24.4. The minimum atomic E-state index is -1.15. The summed E-state index contributed by atoms with van der Waals surface area (Å²) in [6, 6.07) is 2.90. The number of carboxylic acid groups (broad SMARTS) is 1. The Hall–Kier alpha value is -2.06. The lowest BCUT2D eigenvalue weighted by Crippen LogP contribution is -2.41. The highest BCUT2D eigenvalue weighted by atomic mass is 32.2. The van der Waals surface area contributed by atoms with E-state index in [0.29, 0.717) is 5.56 Å². The van der Waals surface area contributed by atoms with Gasteiger partial charge in [-0.15, -0.1) is 0 Å². The second-order valence-electron chi connectivity index (χ2n) is 4.31. The number of aromatic hydroxyl groups is 2. The smallest absolute Gasteiger partial charge is 0.326 e. The Labute approximate surface area is 129 Å². The minimum absolute atomic E-state index is 0.100. The van der Waals surface area contributed by atoms with Gasteiger partial charge >= 0.3 is 5.97 Å². The first-order valence-corrected chi connectivity index (χ1v) is 7.05. The lowest BCUT2D eigenvalue weighted by molar-refractivity contribution is -0.144. The van der Waals surface area contributed by atoms with Crippen LogP contribution in [0.15, 0.2) is 23.1 Å². The number of carbonyl (C=O) groups excluding carboxylic acids is 1. The standard InChI is InChI=1S/C13H11NO5S2/c1-6(12(18)19)14-11(17)10(21-13(14)20)4-7-2-3-8(15)5-9(7)16/h2-6,15-16H,1H3,(H,18,19)/b10-4+/t6-/m0/s1. The van der Waals surface area contributed by atoms with Crippen LogP contribution in [0, 0.1) is 0 Å². The van der Waals surface area contributed by atoms with Crippen LogP contribution in [-0.2, 0) is 9.59 Å². The summed E-state index contributed by atoms with van der Waals surface area (Å²) in [5.41, 5.74) is 0.330. The molecule has 21 heavy (non-hydrogen) atoms. The second kappa shape index (κ2) is 5.74. The number of phenolic OH excluding ortho intramolecular Hbond substituents is 2. The number of carboxylic acids is 1. The molecular weight excluding hydrogens is 314 g/mol. The van der Waals surface area contributed by atoms with Crippen molar-refractivity contribution < 1.29 is 24.9 Å². The van der Waals surface area contributed by atoms with E-state index in [-0.39, 0.29) is 20.7 Å². The minimum Gasteiger partial charge on any atom is -0.508 e. The zero-order chi connectivity index (χ0) is 15.7.